The van der Waals surface area contributed by atoms with Gasteiger partial charge in [-0.15, -0.1) is 0 Å². The molecule has 0 fully saturated rings. The third-order valence-corrected chi connectivity index (χ3v) is 6.40. The second-order valence-electron chi connectivity index (χ2n) is 8.13. The summed E-state index contributed by atoms with van der Waals surface area (Å²) in [6.07, 6.45) is 2.90. The van der Waals surface area contributed by atoms with E-state index in [2.05, 4.69) is 15.5 Å². The Morgan fingerprint density at radius 2 is 1.97 bits per heavy atom. The largest absolute Gasteiger partial charge is 0.496 e. The zero-order valence-corrected chi connectivity index (χ0v) is 20.2. The maximum absolute atomic E-state index is 13.5. The van der Waals surface area contributed by atoms with Gasteiger partial charge in [-0.3, -0.25) is 9.59 Å². The van der Waals surface area contributed by atoms with Crippen molar-refractivity contribution >= 4 is 23.2 Å². The first-order valence-corrected chi connectivity index (χ1v) is 11.2. The van der Waals surface area contributed by atoms with E-state index in [1.807, 2.05) is 0 Å². The third-order valence-electron chi connectivity index (χ3n) is 6.04. The van der Waals surface area contributed by atoms with Crippen LogP contribution in [0.2, 0.25) is 5.02 Å². The van der Waals surface area contributed by atoms with Gasteiger partial charge < -0.3 is 28.8 Å². The number of nitrogens with zero attached hydrogens (tertiary/aromatic N) is 2. The monoisotopic (exact) mass is 491 g/mol. The van der Waals surface area contributed by atoms with Gasteiger partial charge in [-0.05, 0) is 6.42 Å². The van der Waals surface area contributed by atoms with Crippen LogP contribution in [0.5, 0.6) is 17.2 Å². The topological polar surface area (TPSA) is 122 Å². The lowest BCUT2D eigenvalue weighted by atomic mass is 9.74. The minimum absolute atomic E-state index is 0.105. The van der Waals surface area contributed by atoms with Crippen molar-refractivity contribution in [2.45, 2.75) is 31.8 Å². The van der Waals surface area contributed by atoms with Crippen LogP contribution >= 0.6 is 11.6 Å². The highest BCUT2D eigenvalue weighted by Gasteiger charge is 2.60. The molecule has 34 heavy (non-hydrogen) atoms. The first-order valence-electron chi connectivity index (χ1n) is 10.8. The fourth-order valence-electron chi connectivity index (χ4n) is 4.27. The van der Waals surface area contributed by atoms with Crippen molar-refractivity contribution in [3.05, 3.63) is 40.1 Å². The highest BCUT2D eigenvalue weighted by atomic mass is 35.5. The van der Waals surface area contributed by atoms with E-state index >= 15 is 0 Å². The number of hydrogen-bond acceptors (Lipinski definition) is 10. The number of carbonyl (C=O) groups is 2. The molecule has 2 aromatic rings. The van der Waals surface area contributed by atoms with Crippen LogP contribution in [0.15, 0.2) is 22.4 Å². The van der Waals surface area contributed by atoms with E-state index in [0.29, 0.717) is 55.6 Å². The molecule has 1 N–H and O–H groups in total. The zero-order chi connectivity index (χ0) is 24.5. The summed E-state index contributed by atoms with van der Waals surface area (Å²) in [5.74, 6) is 0.348. The number of halogens is 1. The number of methoxy groups -OCH3 is 3. The first-order chi connectivity index (χ1) is 16.3. The number of benzene rings is 1. The molecule has 2 aliphatic rings. The molecule has 0 bridgehead atoms. The molecule has 1 aliphatic heterocycles. The smallest absolute Gasteiger partial charge is 0.236 e. The highest BCUT2D eigenvalue weighted by Crippen LogP contribution is 2.52. The molecule has 1 aromatic heterocycles. The molecule has 0 saturated heterocycles. The lowest BCUT2D eigenvalue weighted by molar-refractivity contribution is -0.129. The Labute approximate surface area is 201 Å². The molecule has 0 saturated carbocycles. The molecular formula is C23H26ClN3O7. The molecular weight excluding hydrogens is 466 g/mol. The van der Waals surface area contributed by atoms with Crippen LogP contribution in [-0.4, -0.2) is 61.8 Å². The lowest BCUT2D eigenvalue weighted by Gasteiger charge is -2.35. The number of fused-ring (bicyclic) bond motifs is 1. The molecule has 10 nitrogen and oxygen atoms in total. The van der Waals surface area contributed by atoms with Gasteiger partial charge in [0.1, 0.15) is 22.1 Å². The van der Waals surface area contributed by atoms with Gasteiger partial charge in [0.15, 0.2) is 11.6 Å². The van der Waals surface area contributed by atoms with E-state index in [9.17, 15) is 9.59 Å². The third kappa shape index (κ3) is 4.01. The van der Waals surface area contributed by atoms with Gasteiger partial charge in [-0.25, -0.2) is 0 Å². The number of nitrogens with one attached hydrogen (secondary N) is 1. The molecule has 1 aliphatic carbocycles. The second kappa shape index (κ2) is 9.63. The van der Waals surface area contributed by atoms with Gasteiger partial charge in [0.2, 0.25) is 23.1 Å². The molecule has 1 aromatic carbocycles. The molecule has 182 valence electrons. The fourth-order valence-corrected chi connectivity index (χ4v) is 4.53. The first kappa shape index (κ1) is 24.0. The summed E-state index contributed by atoms with van der Waals surface area (Å²) in [4.78, 5) is 31.1. The van der Waals surface area contributed by atoms with Crippen molar-refractivity contribution in [2.24, 2.45) is 5.92 Å². The summed E-state index contributed by atoms with van der Waals surface area (Å²) >= 11 is 6.41. The number of carbonyl (C=O) groups excluding carboxylic acids is 2. The number of rotatable bonds is 9. The number of ether oxygens (including phenoxy) is 4. The molecule has 11 heteroatoms. The molecule has 2 atom stereocenters. The number of allylic oxidation sites excluding steroid dienone is 1. The molecule has 0 amide bonds. The number of aromatic nitrogens is 2. The number of hydrogen-bond donors (Lipinski definition) is 1. The van der Waals surface area contributed by atoms with Gasteiger partial charge in [0.25, 0.3) is 0 Å². The summed E-state index contributed by atoms with van der Waals surface area (Å²) in [6.45, 7) is 2.80. The van der Waals surface area contributed by atoms with E-state index in [1.54, 1.807) is 14.0 Å². The van der Waals surface area contributed by atoms with Gasteiger partial charge in [-0.2, -0.15) is 4.98 Å². The van der Waals surface area contributed by atoms with Crippen LogP contribution in [-0.2, 0) is 22.4 Å². The van der Waals surface area contributed by atoms with Crippen LogP contribution in [0.4, 0.5) is 0 Å². The predicted molar refractivity (Wildman–Crippen MR) is 121 cm³/mol. The van der Waals surface area contributed by atoms with Crippen molar-refractivity contribution < 1.29 is 33.1 Å². The summed E-state index contributed by atoms with van der Waals surface area (Å²) in [5, 5.41) is 7.26. The number of Topliss-reactive ketones (excluding diaryl/α,β-unsaturated/α-hetero) is 1. The Hall–Kier alpha value is -3.11. The Kier molecular flexibility index (Phi) is 6.81. The van der Waals surface area contributed by atoms with Crippen molar-refractivity contribution in [3.8, 4) is 17.2 Å². The van der Waals surface area contributed by atoms with Crippen molar-refractivity contribution in [2.75, 3.05) is 34.5 Å². The average Bonchev–Trinajstić information content (AvgIpc) is 3.40. The van der Waals surface area contributed by atoms with Gasteiger partial charge in [0.05, 0.1) is 20.8 Å². The van der Waals surface area contributed by atoms with Crippen LogP contribution in [0.3, 0.4) is 0 Å². The van der Waals surface area contributed by atoms with Crippen LogP contribution in [0.25, 0.3) is 0 Å². The van der Waals surface area contributed by atoms with E-state index in [-0.39, 0.29) is 22.1 Å². The average molecular weight is 492 g/mol. The molecule has 2 heterocycles. The van der Waals surface area contributed by atoms with Crippen molar-refractivity contribution in [1.82, 2.24) is 15.5 Å². The van der Waals surface area contributed by atoms with Crippen molar-refractivity contribution in [3.63, 3.8) is 0 Å². The fraction of sp³-hybridized carbons (Fsp3) is 0.478. The van der Waals surface area contributed by atoms with Gasteiger partial charge in [0, 0.05) is 50.3 Å². The minimum atomic E-state index is -1.69. The van der Waals surface area contributed by atoms with Crippen LogP contribution < -0.4 is 19.5 Å². The quantitative estimate of drug-likeness (QED) is 0.523. The Balaban J connectivity index is 1.49. The summed E-state index contributed by atoms with van der Waals surface area (Å²) in [6, 6.07) is 1.51. The SMILES string of the molecule is COCCc1noc(CCNC2=CC(=O)C3(Oc4c(Cl)c(OC)cc(OC)c4C3=O)C(C)C2)n1. The number of ketones is 2. The summed E-state index contributed by atoms with van der Waals surface area (Å²) in [5.41, 5.74) is -0.844. The highest BCUT2D eigenvalue weighted by molar-refractivity contribution is 6.36. The Morgan fingerprint density at radius 3 is 2.65 bits per heavy atom. The summed E-state index contributed by atoms with van der Waals surface area (Å²) in [7, 11) is 4.49. The van der Waals surface area contributed by atoms with E-state index < -0.39 is 23.1 Å². The lowest BCUT2D eigenvalue weighted by Crippen LogP contribution is -2.55. The van der Waals surface area contributed by atoms with Crippen LogP contribution in [0, 0.1) is 5.92 Å². The Bertz CT molecular complexity index is 1150. The molecule has 4 rings (SSSR count). The zero-order valence-electron chi connectivity index (χ0n) is 19.4. The maximum atomic E-state index is 13.5. The van der Waals surface area contributed by atoms with E-state index in [0.717, 1.165) is 0 Å². The normalized spacial score (nSPS) is 21.3. The van der Waals surface area contributed by atoms with Crippen molar-refractivity contribution in [1.29, 1.82) is 0 Å². The van der Waals surface area contributed by atoms with Crippen LogP contribution in [0.1, 0.15) is 35.4 Å². The van der Waals surface area contributed by atoms with E-state index in [1.165, 1.54) is 26.4 Å². The molecule has 2 unspecified atom stereocenters. The van der Waals surface area contributed by atoms with Gasteiger partial charge in [-0.1, -0.05) is 23.7 Å². The maximum Gasteiger partial charge on any atom is 0.236 e. The molecule has 1 spiro atoms. The summed E-state index contributed by atoms with van der Waals surface area (Å²) < 4.78 is 26.9. The molecule has 0 radical (unpaired) electrons. The predicted octanol–water partition coefficient (Wildman–Crippen LogP) is 2.57. The minimum Gasteiger partial charge on any atom is -0.496 e. The van der Waals surface area contributed by atoms with Gasteiger partial charge >= 0.3 is 0 Å². The Morgan fingerprint density at radius 1 is 1.21 bits per heavy atom. The second-order valence-corrected chi connectivity index (χ2v) is 8.51. The standard InChI is InChI=1S/C23H26ClN3O7/c1-12-9-13(25-7-5-18-26-17(27-34-18)6-8-30-2)10-16(28)23(12)22(29)19-14(31-3)11-15(32-4)20(24)21(19)33-23/h10-12,25H,5-9H2,1-4H3. The van der Waals surface area contributed by atoms with E-state index in [4.69, 9.17) is 35.1 Å².